The number of rotatable bonds is 7. The van der Waals surface area contributed by atoms with Crippen LogP contribution in [0.3, 0.4) is 0 Å². The van der Waals surface area contributed by atoms with E-state index in [1.165, 1.54) is 0 Å². The Bertz CT molecular complexity index is 574. The fourth-order valence-corrected chi connectivity index (χ4v) is 3.39. The van der Waals surface area contributed by atoms with Crippen LogP contribution in [0.5, 0.6) is 5.88 Å². The van der Waals surface area contributed by atoms with Gasteiger partial charge in [-0.25, -0.2) is 4.68 Å². The summed E-state index contributed by atoms with van der Waals surface area (Å²) in [6.07, 6.45) is 4.43. The first-order chi connectivity index (χ1) is 11.6. The Hall–Kier alpha value is -1.60. The molecule has 2 aliphatic rings. The molecule has 2 heterocycles. The van der Waals surface area contributed by atoms with Crippen LogP contribution in [0.25, 0.3) is 0 Å². The molecule has 1 aromatic heterocycles. The molecule has 0 unspecified atom stereocenters. The van der Waals surface area contributed by atoms with Gasteiger partial charge in [0, 0.05) is 38.8 Å². The quantitative estimate of drug-likeness (QED) is 0.762. The van der Waals surface area contributed by atoms with E-state index in [1.807, 2.05) is 14.0 Å². The second kappa shape index (κ2) is 7.53. The number of piperidine rings is 1. The van der Waals surface area contributed by atoms with Crippen LogP contribution in [0, 0.1) is 6.92 Å². The van der Waals surface area contributed by atoms with Crippen LogP contribution in [-0.2, 0) is 18.4 Å². The summed E-state index contributed by atoms with van der Waals surface area (Å²) in [7, 11) is 3.59. The van der Waals surface area contributed by atoms with Gasteiger partial charge in [0.25, 0.3) is 0 Å². The smallest absolute Gasteiger partial charge is 0.234 e. The highest BCUT2D eigenvalue weighted by Crippen LogP contribution is 2.21. The predicted octanol–water partition coefficient (Wildman–Crippen LogP) is 0.570. The molecule has 1 aliphatic carbocycles. The maximum atomic E-state index is 11.9. The van der Waals surface area contributed by atoms with E-state index in [4.69, 9.17) is 4.74 Å². The normalized spacial score (nSPS) is 19.5. The van der Waals surface area contributed by atoms with Crippen LogP contribution < -0.4 is 15.4 Å². The first-order valence-corrected chi connectivity index (χ1v) is 8.88. The van der Waals surface area contributed by atoms with Crippen LogP contribution >= 0.6 is 0 Å². The Morgan fingerprint density at radius 3 is 2.58 bits per heavy atom. The highest BCUT2D eigenvalue weighted by atomic mass is 16.5. The van der Waals surface area contributed by atoms with Crippen molar-refractivity contribution in [3.63, 3.8) is 0 Å². The average molecular weight is 335 g/mol. The lowest BCUT2D eigenvalue weighted by Crippen LogP contribution is -2.46. The van der Waals surface area contributed by atoms with Crippen LogP contribution in [0.2, 0.25) is 0 Å². The van der Waals surface area contributed by atoms with Crippen molar-refractivity contribution < 1.29 is 9.53 Å². The number of amides is 1. The van der Waals surface area contributed by atoms with E-state index in [-0.39, 0.29) is 5.91 Å². The third kappa shape index (κ3) is 4.27. The molecule has 1 aliphatic heterocycles. The molecule has 2 fully saturated rings. The summed E-state index contributed by atoms with van der Waals surface area (Å²) >= 11 is 0. The zero-order valence-corrected chi connectivity index (χ0v) is 15.0. The van der Waals surface area contributed by atoms with Crippen molar-refractivity contribution in [3.05, 3.63) is 11.3 Å². The van der Waals surface area contributed by atoms with Crippen molar-refractivity contribution in [2.24, 2.45) is 7.05 Å². The van der Waals surface area contributed by atoms with Crippen molar-refractivity contribution in [1.29, 1.82) is 0 Å². The van der Waals surface area contributed by atoms with Gasteiger partial charge in [0.05, 0.1) is 24.9 Å². The fourth-order valence-electron chi connectivity index (χ4n) is 3.39. The summed E-state index contributed by atoms with van der Waals surface area (Å²) < 4.78 is 7.23. The Morgan fingerprint density at radius 1 is 1.25 bits per heavy atom. The number of hydrogen-bond donors (Lipinski definition) is 2. The average Bonchev–Trinajstić information content (AvgIpc) is 3.31. The van der Waals surface area contributed by atoms with Gasteiger partial charge in [-0.2, -0.15) is 5.10 Å². The van der Waals surface area contributed by atoms with Gasteiger partial charge < -0.3 is 15.4 Å². The molecule has 7 nitrogen and oxygen atoms in total. The predicted molar refractivity (Wildman–Crippen MR) is 92.0 cm³/mol. The van der Waals surface area contributed by atoms with Crippen molar-refractivity contribution >= 4 is 5.91 Å². The van der Waals surface area contributed by atoms with Crippen molar-refractivity contribution in [2.75, 3.05) is 26.7 Å². The van der Waals surface area contributed by atoms with Gasteiger partial charge in [0.1, 0.15) is 0 Å². The van der Waals surface area contributed by atoms with Gasteiger partial charge >= 0.3 is 0 Å². The molecule has 1 amide bonds. The molecule has 2 N–H and O–H groups in total. The second-order valence-corrected chi connectivity index (χ2v) is 6.97. The highest BCUT2D eigenvalue weighted by molar-refractivity contribution is 5.78. The summed E-state index contributed by atoms with van der Waals surface area (Å²) in [6.45, 7) is 5.27. The van der Waals surface area contributed by atoms with E-state index < -0.39 is 0 Å². The van der Waals surface area contributed by atoms with E-state index in [0.717, 1.165) is 62.5 Å². The largest absolute Gasteiger partial charge is 0.481 e. The van der Waals surface area contributed by atoms with Crippen LogP contribution in [0.1, 0.15) is 36.9 Å². The molecule has 0 atom stereocenters. The molecule has 24 heavy (non-hydrogen) atoms. The molecular weight excluding hydrogens is 306 g/mol. The number of nitrogens with zero attached hydrogens (tertiary/aromatic N) is 3. The number of methoxy groups -OCH3 is 1. The number of likely N-dealkylation sites (tertiary alicyclic amines) is 1. The monoisotopic (exact) mass is 335 g/mol. The molecule has 1 aromatic rings. The van der Waals surface area contributed by atoms with Crippen LogP contribution in [-0.4, -0.2) is 59.4 Å². The van der Waals surface area contributed by atoms with Gasteiger partial charge in [-0.1, -0.05) is 0 Å². The maximum Gasteiger partial charge on any atom is 0.234 e. The Morgan fingerprint density at radius 2 is 1.96 bits per heavy atom. The Balaban J connectivity index is 1.41. The minimum atomic E-state index is 0.180. The number of aromatic nitrogens is 2. The first-order valence-electron chi connectivity index (χ1n) is 8.88. The maximum absolute atomic E-state index is 11.9. The number of aryl methyl sites for hydroxylation is 2. The summed E-state index contributed by atoms with van der Waals surface area (Å²) in [4.78, 5) is 14.1. The third-order valence-corrected chi connectivity index (χ3v) is 4.95. The van der Waals surface area contributed by atoms with E-state index in [0.29, 0.717) is 18.6 Å². The van der Waals surface area contributed by atoms with Gasteiger partial charge in [0.15, 0.2) is 0 Å². The molecule has 1 saturated carbocycles. The Labute approximate surface area is 143 Å². The standard InChI is InChI=1S/C17H29N5O2/c1-12-15(17(24-3)21(2)20-12)10-18-13-6-8-22(9-7-13)11-16(23)19-14-4-5-14/h13-14,18H,4-11H2,1-3H3,(H,19,23). The molecule has 134 valence electrons. The van der Waals surface area contributed by atoms with Crippen molar-refractivity contribution in [2.45, 2.75) is 51.2 Å². The molecule has 0 aromatic carbocycles. The molecule has 0 bridgehead atoms. The molecule has 0 spiro atoms. The molecular formula is C17H29N5O2. The zero-order valence-electron chi connectivity index (χ0n) is 15.0. The SMILES string of the molecule is COc1c(CNC2CCN(CC(=O)NC3CC3)CC2)c(C)nn1C. The molecule has 7 heteroatoms. The van der Waals surface area contributed by atoms with E-state index in [1.54, 1.807) is 11.8 Å². The number of carbonyl (C=O) groups excluding carboxylic acids is 1. The minimum Gasteiger partial charge on any atom is -0.481 e. The summed E-state index contributed by atoms with van der Waals surface area (Å²) in [5, 5.41) is 11.1. The fraction of sp³-hybridized carbons (Fsp3) is 0.765. The third-order valence-electron chi connectivity index (χ3n) is 4.95. The first kappa shape index (κ1) is 17.2. The number of carbonyl (C=O) groups is 1. The van der Waals surface area contributed by atoms with E-state index in [9.17, 15) is 4.79 Å². The molecule has 1 saturated heterocycles. The summed E-state index contributed by atoms with van der Waals surface area (Å²) in [5.74, 6) is 1.01. The molecule has 0 radical (unpaired) electrons. The number of hydrogen-bond acceptors (Lipinski definition) is 5. The topological polar surface area (TPSA) is 71.4 Å². The second-order valence-electron chi connectivity index (χ2n) is 6.97. The van der Waals surface area contributed by atoms with Gasteiger partial charge in [-0.15, -0.1) is 0 Å². The van der Waals surface area contributed by atoms with Gasteiger partial charge in [-0.05, 0) is 32.6 Å². The summed E-state index contributed by atoms with van der Waals surface area (Å²) in [6, 6.07) is 0.937. The van der Waals surface area contributed by atoms with E-state index >= 15 is 0 Å². The van der Waals surface area contributed by atoms with Crippen molar-refractivity contribution in [3.8, 4) is 5.88 Å². The van der Waals surface area contributed by atoms with E-state index in [2.05, 4.69) is 20.6 Å². The lowest BCUT2D eigenvalue weighted by Gasteiger charge is -2.32. The van der Waals surface area contributed by atoms with Crippen LogP contribution in [0.4, 0.5) is 0 Å². The van der Waals surface area contributed by atoms with Crippen LogP contribution in [0.15, 0.2) is 0 Å². The molecule has 3 rings (SSSR count). The number of ether oxygens (including phenoxy) is 1. The van der Waals surface area contributed by atoms with Gasteiger partial charge in [-0.3, -0.25) is 9.69 Å². The lowest BCUT2D eigenvalue weighted by molar-refractivity contribution is -0.122. The lowest BCUT2D eigenvalue weighted by atomic mass is 10.0. The van der Waals surface area contributed by atoms with Crippen molar-refractivity contribution in [1.82, 2.24) is 25.3 Å². The zero-order chi connectivity index (χ0) is 17.1. The summed E-state index contributed by atoms with van der Waals surface area (Å²) in [5.41, 5.74) is 2.14. The Kier molecular flexibility index (Phi) is 5.40. The number of nitrogens with one attached hydrogen (secondary N) is 2. The highest BCUT2D eigenvalue weighted by Gasteiger charge is 2.26. The van der Waals surface area contributed by atoms with Gasteiger partial charge in [0.2, 0.25) is 11.8 Å². The minimum absolute atomic E-state index is 0.180.